The number of allylic oxidation sites excluding steroid dienone is 1. The molecule has 0 bridgehead atoms. The molecule has 3 rings (SSSR count). The Hall–Kier alpha value is -2.03. The zero-order valence-electron chi connectivity index (χ0n) is 12.8. The van der Waals surface area contributed by atoms with Gasteiger partial charge in [-0.2, -0.15) is 0 Å². The standard InChI is InChI=1S/C18H23N3/c1-4-11-21-17(19)16(20-18(21)12(2)3)15-8-6-5-7-14(15)13-9-10-13/h4-8,12-13H,1,9-11,19H2,2-3H3. The van der Waals surface area contributed by atoms with Gasteiger partial charge in [0.1, 0.15) is 17.3 Å². The summed E-state index contributed by atoms with van der Waals surface area (Å²) in [5, 5.41) is 0. The Morgan fingerprint density at radius 2 is 2.10 bits per heavy atom. The number of hydrogen-bond acceptors (Lipinski definition) is 2. The molecule has 0 aliphatic heterocycles. The number of benzene rings is 1. The third kappa shape index (κ3) is 2.48. The average molecular weight is 281 g/mol. The van der Waals surface area contributed by atoms with Crippen molar-refractivity contribution in [1.82, 2.24) is 9.55 Å². The highest BCUT2D eigenvalue weighted by Crippen LogP contribution is 2.45. The van der Waals surface area contributed by atoms with E-state index in [0.29, 0.717) is 18.4 Å². The number of rotatable bonds is 5. The van der Waals surface area contributed by atoms with Crippen LogP contribution in [0.1, 0.15) is 49.9 Å². The van der Waals surface area contributed by atoms with Crippen LogP contribution in [0.25, 0.3) is 11.3 Å². The minimum Gasteiger partial charge on any atom is -0.383 e. The Balaban J connectivity index is 2.14. The lowest BCUT2D eigenvalue weighted by molar-refractivity contribution is 0.684. The molecule has 1 fully saturated rings. The van der Waals surface area contributed by atoms with E-state index in [1.807, 2.05) is 6.08 Å². The first-order chi connectivity index (χ1) is 10.1. The molecule has 2 aromatic rings. The van der Waals surface area contributed by atoms with E-state index in [2.05, 4.69) is 49.3 Å². The lowest BCUT2D eigenvalue weighted by Gasteiger charge is -2.09. The molecule has 0 atom stereocenters. The van der Waals surface area contributed by atoms with Gasteiger partial charge in [-0.1, -0.05) is 44.2 Å². The highest BCUT2D eigenvalue weighted by Gasteiger charge is 2.28. The number of anilines is 1. The first-order valence-corrected chi connectivity index (χ1v) is 7.69. The second-order valence-electron chi connectivity index (χ2n) is 6.12. The molecule has 3 nitrogen and oxygen atoms in total. The van der Waals surface area contributed by atoms with Gasteiger partial charge in [0.05, 0.1) is 0 Å². The third-order valence-electron chi connectivity index (χ3n) is 4.10. The van der Waals surface area contributed by atoms with Crippen LogP contribution in [0.3, 0.4) is 0 Å². The summed E-state index contributed by atoms with van der Waals surface area (Å²) < 4.78 is 2.08. The Morgan fingerprint density at radius 3 is 2.71 bits per heavy atom. The fourth-order valence-corrected chi connectivity index (χ4v) is 2.91. The minimum atomic E-state index is 0.342. The van der Waals surface area contributed by atoms with Gasteiger partial charge in [-0.15, -0.1) is 6.58 Å². The summed E-state index contributed by atoms with van der Waals surface area (Å²) in [5.74, 6) is 2.82. The molecule has 1 heterocycles. The zero-order valence-corrected chi connectivity index (χ0v) is 12.8. The number of aromatic nitrogens is 2. The molecule has 1 aliphatic carbocycles. The second kappa shape index (κ2) is 5.40. The normalized spacial score (nSPS) is 14.6. The number of nitrogens with two attached hydrogens (primary N) is 1. The van der Waals surface area contributed by atoms with E-state index in [1.165, 1.54) is 24.0 Å². The first kappa shape index (κ1) is 13.9. The largest absolute Gasteiger partial charge is 0.383 e. The smallest absolute Gasteiger partial charge is 0.132 e. The fourth-order valence-electron chi connectivity index (χ4n) is 2.91. The second-order valence-corrected chi connectivity index (χ2v) is 6.12. The maximum absolute atomic E-state index is 6.40. The molecular formula is C18H23N3. The van der Waals surface area contributed by atoms with Crippen LogP contribution in [0.15, 0.2) is 36.9 Å². The van der Waals surface area contributed by atoms with Gasteiger partial charge in [0.25, 0.3) is 0 Å². The van der Waals surface area contributed by atoms with Crippen LogP contribution in [-0.4, -0.2) is 9.55 Å². The first-order valence-electron chi connectivity index (χ1n) is 7.69. The van der Waals surface area contributed by atoms with Gasteiger partial charge in [0.15, 0.2) is 0 Å². The van der Waals surface area contributed by atoms with E-state index in [-0.39, 0.29) is 0 Å². The zero-order chi connectivity index (χ0) is 15.0. The maximum atomic E-state index is 6.40. The van der Waals surface area contributed by atoms with Crippen molar-refractivity contribution in [2.45, 2.75) is 45.1 Å². The van der Waals surface area contributed by atoms with Crippen molar-refractivity contribution in [3.63, 3.8) is 0 Å². The summed E-state index contributed by atoms with van der Waals surface area (Å²) in [7, 11) is 0. The van der Waals surface area contributed by atoms with Gasteiger partial charge in [0.2, 0.25) is 0 Å². The molecule has 0 amide bonds. The topological polar surface area (TPSA) is 43.8 Å². The quantitative estimate of drug-likeness (QED) is 0.829. The van der Waals surface area contributed by atoms with Crippen LogP contribution < -0.4 is 5.73 Å². The number of imidazole rings is 1. The van der Waals surface area contributed by atoms with E-state index >= 15 is 0 Å². The lowest BCUT2D eigenvalue weighted by Crippen LogP contribution is -2.07. The summed E-state index contributed by atoms with van der Waals surface area (Å²) in [6, 6.07) is 8.54. The minimum absolute atomic E-state index is 0.342. The van der Waals surface area contributed by atoms with Gasteiger partial charge >= 0.3 is 0 Å². The van der Waals surface area contributed by atoms with E-state index in [9.17, 15) is 0 Å². The van der Waals surface area contributed by atoms with Crippen molar-refractivity contribution in [3.8, 4) is 11.3 Å². The molecule has 0 spiro atoms. The van der Waals surface area contributed by atoms with Crippen molar-refractivity contribution in [2.75, 3.05) is 5.73 Å². The molecule has 110 valence electrons. The molecule has 0 radical (unpaired) electrons. The van der Waals surface area contributed by atoms with Crippen molar-refractivity contribution in [3.05, 3.63) is 48.3 Å². The maximum Gasteiger partial charge on any atom is 0.132 e. The molecule has 21 heavy (non-hydrogen) atoms. The van der Waals surface area contributed by atoms with Gasteiger partial charge in [-0.05, 0) is 24.3 Å². The summed E-state index contributed by atoms with van der Waals surface area (Å²) in [6.07, 6.45) is 4.43. The summed E-state index contributed by atoms with van der Waals surface area (Å²) >= 11 is 0. The van der Waals surface area contributed by atoms with Crippen LogP contribution in [0.2, 0.25) is 0 Å². The van der Waals surface area contributed by atoms with Crippen LogP contribution in [0.5, 0.6) is 0 Å². The summed E-state index contributed by atoms with van der Waals surface area (Å²) in [5.41, 5.74) is 9.92. The number of nitrogens with zero attached hydrogens (tertiary/aromatic N) is 2. The van der Waals surface area contributed by atoms with Crippen LogP contribution >= 0.6 is 0 Å². The van der Waals surface area contributed by atoms with Crippen molar-refractivity contribution in [2.24, 2.45) is 0 Å². The van der Waals surface area contributed by atoms with Crippen LogP contribution in [0, 0.1) is 0 Å². The highest BCUT2D eigenvalue weighted by atomic mass is 15.1. The Morgan fingerprint density at radius 1 is 1.38 bits per heavy atom. The van der Waals surface area contributed by atoms with Gasteiger partial charge in [-0.25, -0.2) is 4.98 Å². The molecule has 0 unspecified atom stereocenters. The highest BCUT2D eigenvalue weighted by molar-refractivity contribution is 5.75. The monoisotopic (exact) mass is 281 g/mol. The van der Waals surface area contributed by atoms with Crippen LogP contribution in [-0.2, 0) is 6.54 Å². The van der Waals surface area contributed by atoms with Gasteiger partial charge in [-0.3, -0.25) is 0 Å². The Kier molecular flexibility index (Phi) is 3.58. The SMILES string of the molecule is C=CCn1c(C(C)C)nc(-c2ccccc2C2CC2)c1N. The molecule has 0 saturated heterocycles. The predicted molar refractivity (Wildman–Crippen MR) is 88.3 cm³/mol. The molecule has 1 aromatic carbocycles. The molecule has 2 N–H and O–H groups in total. The van der Waals surface area contributed by atoms with Crippen molar-refractivity contribution < 1.29 is 0 Å². The Bertz CT molecular complexity index is 663. The van der Waals surface area contributed by atoms with Crippen LogP contribution in [0.4, 0.5) is 5.82 Å². The van der Waals surface area contributed by atoms with E-state index in [0.717, 1.165) is 17.3 Å². The third-order valence-corrected chi connectivity index (χ3v) is 4.10. The number of nitrogen functional groups attached to an aromatic ring is 1. The molecule has 1 aliphatic rings. The summed E-state index contributed by atoms with van der Waals surface area (Å²) in [6.45, 7) is 8.84. The fraction of sp³-hybridized carbons (Fsp3) is 0.389. The van der Waals surface area contributed by atoms with Gasteiger partial charge in [0, 0.05) is 18.0 Å². The van der Waals surface area contributed by atoms with Crippen molar-refractivity contribution in [1.29, 1.82) is 0 Å². The van der Waals surface area contributed by atoms with Crippen molar-refractivity contribution >= 4 is 5.82 Å². The average Bonchev–Trinajstić information content (AvgIpc) is 3.26. The lowest BCUT2D eigenvalue weighted by atomic mass is 10.0. The summed E-state index contributed by atoms with van der Waals surface area (Å²) in [4.78, 5) is 4.86. The van der Waals surface area contributed by atoms with E-state index in [4.69, 9.17) is 10.7 Å². The molecule has 3 heteroatoms. The Labute approximate surface area is 126 Å². The van der Waals surface area contributed by atoms with E-state index in [1.54, 1.807) is 0 Å². The molecule has 1 saturated carbocycles. The van der Waals surface area contributed by atoms with Gasteiger partial charge < -0.3 is 10.3 Å². The molecule has 1 aromatic heterocycles. The number of hydrogen-bond donors (Lipinski definition) is 1. The molecular weight excluding hydrogens is 258 g/mol. The van der Waals surface area contributed by atoms with E-state index < -0.39 is 0 Å². The predicted octanol–water partition coefficient (Wildman–Crippen LogP) is 4.32.